The van der Waals surface area contributed by atoms with Gasteiger partial charge in [0, 0.05) is 6.42 Å². The van der Waals surface area contributed by atoms with Crippen molar-refractivity contribution >= 4 is 5.78 Å². The van der Waals surface area contributed by atoms with E-state index < -0.39 is 0 Å². The van der Waals surface area contributed by atoms with Crippen molar-refractivity contribution in [1.82, 2.24) is 0 Å². The zero-order valence-corrected chi connectivity index (χ0v) is 13.1. The number of aryl methyl sites for hydroxylation is 1. The molecular weight excluding hydrogens is 256 g/mol. The highest BCUT2D eigenvalue weighted by Crippen LogP contribution is 2.56. The van der Waals surface area contributed by atoms with Gasteiger partial charge in [-0.25, -0.2) is 0 Å². The van der Waals surface area contributed by atoms with Crippen molar-refractivity contribution in [3.8, 4) is 0 Å². The summed E-state index contributed by atoms with van der Waals surface area (Å²) in [6, 6.07) is 6.98. The van der Waals surface area contributed by atoms with E-state index in [-0.39, 0.29) is 5.41 Å². The van der Waals surface area contributed by atoms with E-state index in [2.05, 4.69) is 44.2 Å². The summed E-state index contributed by atoms with van der Waals surface area (Å²) < 4.78 is 0. The topological polar surface area (TPSA) is 17.1 Å². The summed E-state index contributed by atoms with van der Waals surface area (Å²) in [5.41, 5.74) is 4.06. The average Bonchev–Trinajstić information content (AvgIpc) is 3.12. The van der Waals surface area contributed by atoms with Crippen LogP contribution in [0.4, 0.5) is 0 Å². The van der Waals surface area contributed by atoms with Gasteiger partial charge in [-0.15, -0.1) is 0 Å². The molecule has 21 heavy (non-hydrogen) atoms. The minimum Gasteiger partial charge on any atom is -0.299 e. The number of ketones is 1. The third-order valence-corrected chi connectivity index (χ3v) is 6.30. The summed E-state index contributed by atoms with van der Waals surface area (Å²) in [5, 5.41) is 0. The lowest BCUT2D eigenvalue weighted by molar-refractivity contribution is -0.126. The Labute approximate surface area is 127 Å². The third kappa shape index (κ3) is 1.73. The van der Waals surface area contributed by atoms with Gasteiger partial charge in [0.05, 0.1) is 5.41 Å². The Morgan fingerprint density at radius 2 is 2.14 bits per heavy atom. The zero-order valence-electron chi connectivity index (χ0n) is 13.1. The molecule has 4 unspecified atom stereocenters. The summed E-state index contributed by atoms with van der Waals surface area (Å²) in [6.07, 6.45) is 9.77. The van der Waals surface area contributed by atoms with Gasteiger partial charge in [0.2, 0.25) is 0 Å². The van der Waals surface area contributed by atoms with Gasteiger partial charge in [-0.1, -0.05) is 44.2 Å². The lowest BCUT2D eigenvalue weighted by atomic mass is 9.62. The fourth-order valence-corrected chi connectivity index (χ4v) is 4.88. The smallest absolute Gasteiger partial charge is 0.144 e. The molecule has 0 aromatic heterocycles. The van der Waals surface area contributed by atoms with E-state index in [4.69, 9.17) is 0 Å². The van der Waals surface area contributed by atoms with Crippen molar-refractivity contribution in [3.05, 3.63) is 47.0 Å². The molecule has 2 bridgehead atoms. The maximum atomic E-state index is 12.9. The van der Waals surface area contributed by atoms with Gasteiger partial charge in [-0.3, -0.25) is 4.79 Å². The van der Waals surface area contributed by atoms with Crippen molar-refractivity contribution in [2.75, 3.05) is 0 Å². The average molecular weight is 280 g/mol. The molecule has 0 aliphatic heterocycles. The van der Waals surface area contributed by atoms with Crippen LogP contribution in [0.5, 0.6) is 0 Å². The first-order valence-electron chi connectivity index (χ1n) is 8.50. The first kappa shape index (κ1) is 13.3. The largest absolute Gasteiger partial charge is 0.299 e. The molecule has 3 aliphatic carbocycles. The summed E-state index contributed by atoms with van der Waals surface area (Å²) in [6.45, 7) is 4.53. The molecule has 0 N–H and O–H groups in total. The summed E-state index contributed by atoms with van der Waals surface area (Å²) in [4.78, 5) is 12.9. The van der Waals surface area contributed by atoms with E-state index in [9.17, 15) is 4.79 Å². The predicted octanol–water partition coefficient (Wildman–Crippen LogP) is 4.55. The van der Waals surface area contributed by atoms with Crippen LogP contribution in [-0.2, 0) is 16.6 Å². The van der Waals surface area contributed by atoms with Crippen LogP contribution in [0.25, 0.3) is 0 Å². The number of hydrogen-bond donors (Lipinski definition) is 0. The molecule has 0 radical (unpaired) electrons. The first-order chi connectivity index (χ1) is 10.1. The van der Waals surface area contributed by atoms with E-state index in [1.165, 1.54) is 23.1 Å². The molecule has 1 spiro atoms. The molecule has 4 atom stereocenters. The van der Waals surface area contributed by atoms with Crippen molar-refractivity contribution in [2.24, 2.45) is 11.8 Å². The van der Waals surface area contributed by atoms with Crippen LogP contribution in [0.1, 0.15) is 62.1 Å². The first-order valence-corrected chi connectivity index (χ1v) is 8.50. The highest BCUT2D eigenvalue weighted by molar-refractivity contribution is 5.94. The SMILES string of the molecule is CCC(C)c1ccc2c(c1)C1(CC3C=CC1C3)C(=O)CC2. The quantitative estimate of drug-likeness (QED) is 0.726. The van der Waals surface area contributed by atoms with Gasteiger partial charge in [0.25, 0.3) is 0 Å². The molecule has 0 amide bonds. The highest BCUT2D eigenvalue weighted by atomic mass is 16.1. The minimum absolute atomic E-state index is 0.170. The van der Waals surface area contributed by atoms with E-state index >= 15 is 0 Å². The van der Waals surface area contributed by atoms with Gasteiger partial charge in [0.1, 0.15) is 5.78 Å². The Hall–Kier alpha value is -1.37. The molecule has 110 valence electrons. The molecule has 4 rings (SSSR count). The van der Waals surface area contributed by atoms with Crippen LogP contribution in [0, 0.1) is 11.8 Å². The number of rotatable bonds is 2. The third-order valence-electron chi connectivity index (χ3n) is 6.30. The second-order valence-corrected chi connectivity index (χ2v) is 7.31. The van der Waals surface area contributed by atoms with Gasteiger partial charge in [-0.05, 0) is 60.1 Å². The van der Waals surface area contributed by atoms with Crippen LogP contribution in [0.15, 0.2) is 30.4 Å². The maximum Gasteiger partial charge on any atom is 0.144 e. The number of carbonyl (C=O) groups excluding carboxylic acids is 1. The second-order valence-electron chi connectivity index (χ2n) is 7.31. The Bertz CT molecular complexity index is 627. The number of fused-ring (bicyclic) bond motifs is 5. The monoisotopic (exact) mass is 280 g/mol. The lowest BCUT2D eigenvalue weighted by Crippen LogP contribution is -2.43. The fraction of sp³-hybridized carbons (Fsp3) is 0.550. The number of benzene rings is 1. The van der Waals surface area contributed by atoms with Crippen molar-refractivity contribution in [3.63, 3.8) is 0 Å². The van der Waals surface area contributed by atoms with Crippen LogP contribution >= 0.6 is 0 Å². The highest BCUT2D eigenvalue weighted by Gasteiger charge is 2.55. The lowest BCUT2D eigenvalue weighted by Gasteiger charge is -2.40. The van der Waals surface area contributed by atoms with E-state index in [0.29, 0.717) is 23.5 Å². The molecule has 1 saturated carbocycles. The van der Waals surface area contributed by atoms with Gasteiger partial charge in [0.15, 0.2) is 0 Å². The summed E-state index contributed by atoms with van der Waals surface area (Å²) in [7, 11) is 0. The fourth-order valence-electron chi connectivity index (χ4n) is 4.88. The minimum atomic E-state index is -0.170. The molecule has 0 heterocycles. The molecule has 3 aliphatic rings. The van der Waals surface area contributed by atoms with Gasteiger partial charge in [-0.2, -0.15) is 0 Å². The normalized spacial score (nSPS) is 34.5. The van der Waals surface area contributed by atoms with Crippen LogP contribution in [0.3, 0.4) is 0 Å². The second kappa shape index (κ2) is 4.56. The van der Waals surface area contributed by atoms with E-state index in [1.54, 1.807) is 0 Å². The molecule has 0 saturated heterocycles. The predicted molar refractivity (Wildman–Crippen MR) is 85.5 cm³/mol. The van der Waals surface area contributed by atoms with E-state index in [1.807, 2.05) is 0 Å². The van der Waals surface area contributed by atoms with Crippen LogP contribution in [0.2, 0.25) is 0 Å². The zero-order chi connectivity index (χ0) is 14.6. The Morgan fingerprint density at radius 3 is 2.81 bits per heavy atom. The standard InChI is InChI=1S/C20H24O/c1-3-13(2)16-6-5-15-7-9-19(21)20(18(15)11-16)12-14-4-8-17(20)10-14/h4-6,8,11,13-14,17H,3,7,9-10,12H2,1-2H3. The molecule has 1 fully saturated rings. The number of carbonyl (C=O) groups is 1. The molecule has 1 aromatic carbocycles. The van der Waals surface area contributed by atoms with Crippen molar-refractivity contribution < 1.29 is 4.79 Å². The van der Waals surface area contributed by atoms with Crippen molar-refractivity contribution in [1.29, 1.82) is 0 Å². The molecule has 1 heteroatoms. The molecular formula is C20H24O. The van der Waals surface area contributed by atoms with E-state index in [0.717, 1.165) is 25.7 Å². The Morgan fingerprint density at radius 1 is 1.29 bits per heavy atom. The van der Waals surface area contributed by atoms with Crippen molar-refractivity contribution in [2.45, 2.75) is 57.3 Å². The molecule has 1 nitrogen and oxygen atoms in total. The maximum absolute atomic E-state index is 12.9. The Balaban J connectivity index is 1.87. The summed E-state index contributed by atoms with van der Waals surface area (Å²) >= 11 is 0. The number of allylic oxidation sites excluding steroid dienone is 2. The van der Waals surface area contributed by atoms with Crippen LogP contribution in [-0.4, -0.2) is 5.78 Å². The summed E-state index contributed by atoms with van der Waals surface area (Å²) in [5.74, 6) is 2.19. The van der Waals surface area contributed by atoms with Gasteiger partial charge >= 0.3 is 0 Å². The van der Waals surface area contributed by atoms with Gasteiger partial charge < -0.3 is 0 Å². The Kier molecular flexibility index (Phi) is 2.89. The molecule has 1 aromatic rings. The number of Topliss-reactive ketones (excluding diaryl/α,β-unsaturated/α-hetero) is 1. The van der Waals surface area contributed by atoms with Crippen LogP contribution < -0.4 is 0 Å². The number of hydrogen-bond acceptors (Lipinski definition) is 1.